The van der Waals surface area contributed by atoms with E-state index >= 15 is 0 Å². The van der Waals surface area contributed by atoms with Crippen LogP contribution in [-0.2, 0) is 4.79 Å². The van der Waals surface area contributed by atoms with Crippen LogP contribution in [0.2, 0.25) is 0 Å². The number of carbonyl (C=O) groups excluding carboxylic acids is 1. The summed E-state index contributed by atoms with van der Waals surface area (Å²) >= 11 is 0. The fourth-order valence-electron chi connectivity index (χ4n) is 2.11. The Kier molecular flexibility index (Phi) is 4.91. The van der Waals surface area contributed by atoms with E-state index in [2.05, 4.69) is 24.4 Å². The van der Waals surface area contributed by atoms with Crippen molar-refractivity contribution >= 4 is 11.6 Å². The van der Waals surface area contributed by atoms with E-state index in [4.69, 9.17) is 5.73 Å². The van der Waals surface area contributed by atoms with Gasteiger partial charge in [0.1, 0.15) is 0 Å². The maximum Gasteiger partial charge on any atom is 0.224 e. The van der Waals surface area contributed by atoms with Crippen molar-refractivity contribution in [2.45, 2.75) is 19.8 Å². The topological polar surface area (TPSA) is 55.1 Å². The van der Waals surface area contributed by atoms with Crippen molar-refractivity contribution in [3.05, 3.63) is 54.1 Å². The average Bonchev–Trinajstić information content (AvgIpc) is 2.48. The molecule has 0 bridgehead atoms. The zero-order valence-corrected chi connectivity index (χ0v) is 11.7. The Bertz CT molecular complexity index is 579. The third-order valence-corrected chi connectivity index (χ3v) is 3.21. The van der Waals surface area contributed by atoms with E-state index in [9.17, 15) is 4.79 Å². The van der Waals surface area contributed by atoms with E-state index in [0.717, 1.165) is 16.8 Å². The van der Waals surface area contributed by atoms with Gasteiger partial charge in [-0.3, -0.25) is 4.79 Å². The summed E-state index contributed by atoms with van der Waals surface area (Å²) in [5.41, 5.74) is 9.73. The molecule has 0 radical (unpaired) electrons. The Morgan fingerprint density at radius 2 is 1.90 bits per heavy atom. The second-order valence-electron chi connectivity index (χ2n) is 4.84. The lowest BCUT2D eigenvalue weighted by atomic mass is 10.00. The molecule has 0 spiro atoms. The lowest BCUT2D eigenvalue weighted by Crippen LogP contribution is -2.13. The van der Waals surface area contributed by atoms with Crippen molar-refractivity contribution in [2.24, 2.45) is 5.73 Å². The molecule has 3 N–H and O–H groups in total. The molecule has 0 aliphatic carbocycles. The minimum absolute atomic E-state index is 0.0123. The minimum atomic E-state index is 0.0123. The SMILES string of the molecule is Cc1ccc(NC(=O)CCCN)cc1-c1ccccc1. The molecule has 3 heteroatoms. The number of nitrogens with two attached hydrogens (primary N) is 1. The summed E-state index contributed by atoms with van der Waals surface area (Å²) in [7, 11) is 0. The van der Waals surface area contributed by atoms with E-state index in [-0.39, 0.29) is 5.91 Å². The van der Waals surface area contributed by atoms with E-state index in [1.807, 2.05) is 36.4 Å². The Labute approximate surface area is 119 Å². The zero-order valence-electron chi connectivity index (χ0n) is 11.7. The third-order valence-electron chi connectivity index (χ3n) is 3.21. The van der Waals surface area contributed by atoms with Crippen LogP contribution in [0.1, 0.15) is 18.4 Å². The summed E-state index contributed by atoms with van der Waals surface area (Å²) in [5, 5.41) is 2.92. The molecule has 0 aliphatic heterocycles. The standard InChI is InChI=1S/C17H20N2O/c1-13-9-10-15(19-17(20)8-5-11-18)12-16(13)14-6-3-2-4-7-14/h2-4,6-7,9-10,12H,5,8,11,18H2,1H3,(H,19,20). The lowest BCUT2D eigenvalue weighted by Gasteiger charge is -2.10. The third kappa shape index (κ3) is 3.68. The zero-order chi connectivity index (χ0) is 14.4. The molecule has 104 valence electrons. The molecule has 0 aliphatic rings. The number of rotatable bonds is 5. The Morgan fingerprint density at radius 3 is 2.60 bits per heavy atom. The van der Waals surface area contributed by atoms with Gasteiger partial charge in [-0.25, -0.2) is 0 Å². The second-order valence-corrected chi connectivity index (χ2v) is 4.84. The summed E-state index contributed by atoms with van der Waals surface area (Å²) < 4.78 is 0. The first kappa shape index (κ1) is 14.3. The van der Waals surface area contributed by atoms with Crippen LogP contribution in [0.15, 0.2) is 48.5 Å². The Balaban J connectivity index is 2.19. The van der Waals surface area contributed by atoms with Crippen molar-refractivity contribution in [2.75, 3.05) is 11.9 Å². The van der Waals surface area contributed by atoms with Crippen LogP contribution in [0.4, 0.5) is 5.69 Å². The van der Waals surface area contributed by atoms with Gasteiger partial charge in [0.2, 0.25) is 5.91 Å². The summed E-state index contributed by atoms with van der Waals surface area (Å²) in [6.07, 6.45) is 1.17. The number of amides is 1. The maximum atomic E-state index is 11.7. The van der Waals surface area contributed by atoms with Gasteiger partial charge in [0.25, 0.3) is 0 Å². The number of carbonyl (C=O) groups is 1. The number of hydrogen-bond donors (Lipinski definition) is 2. The molecule has 20 heavy (non-hydrogen) atoms. The van der Waals surface area contributed by atoms with Crippen molar-refractivity contribution in [1.29, 1.82) is 0 Å². The van der Waals surface area contributed by atoms with Crippen LogP contribution in [0, 0.1) is 6.92 Å². The normalized spacial score (nSPS) is 10.3. The fraction of sp³-hybridized carbons (Fsp3) is 0.235. The van der Waals surface area contributed by atoms with Crippen LogP contribution < -0.4 is 11.1 Å². The molecule has 0 atom stereocenters. The minimum Gasteiger partial charge on any atom is -0.330 e. The molecule has 0 heterocycles. The van der Waals surface area contributed by atoms with E-state index < -0.39 is 0 Å². The van der Waals surface area contributed by atoms with Gasteiger partial charge >= 0.3 is 0 Å². The van der Waals surface area contributed by atoms with Crippen LogP contribution in [0.25, 0.3) is 11.1 Å². The maximum absolute atomic E-state index is 11.7. The second kappa shape index (κ2) is 6.87. The highest BCUT2D eigenvalue weighted by atomic mass is 16.1. The average molecular weight is 268 g/mol. The molecule has 2 rings (SSSR count). The van der Waals surface area contributed by atoms with Crippen LogP contribution >= 0.6 is 0 Å². The Morgan fingerprint density at radius 1 is 1.15 bits per heavy atom. The van der Waals surface area contributed by atoms with Crippen molar-refractivity contribution in [1.82, 2.24) is 0 Å². The number of nitrogens with one attached hydrogen (secondary N) is 1. The number of anilines is 1. The van der Waals surface area contributed by atoms with Gasteiger partial charge in [-0.05, 0) is 48.7 Å². The molecule has 0 saturated carbocycles. The molecular weight excluding hydrogens is 248 g/mol. The molecule has 0 fully saturated rings. The highest BCUT2D eigenvalue weighted by Crippen LogP contribution is 2.26. The fourth-order valence-corrected chi connectivity index (χ4v) is 2.11. The molecule has 0 unspecified atom stereocenters. The van der Waals surface area contributed by atoms with Crippen LogP contribution in [0.3, 0.4) is 0 Å². The Hall–Kier alpha value is -2.13. The summed E-state index contributed by atoms with van der Waals surface area (Å²) in [5.74, 6) is 0.0123. The highest BCUT2D eigenvalue weighted by molar-refractivity contribution is 5.91. The van der Waals surface area contributed by atoms with Gasteiger partial charge in [-0.2, -0.15) is 0 Å². The highest BCUT2D eigenvalue weighted by Gasteiger charge is 2.06. The predicted octanol–water partition coefficient (Wildman–Crippen LogP) is 3.34. The lowest BCUT2D eigenvalue weighted by molar-refractivity contribution is -0.116. The monoisotopic (exact) mass is 268 g/mol. The first-order valence-corrected chi connectivity index (χ1v) is 6.86. The van der Waals surface area contributed by atoms with Gasteiger partial charge < -0.3 is 11.1 Å². The van der Waals surface area contributed by atoms with Crippen molar-refractivity contribution in [3.8, 4) is 11.1 Å². The van der Waals surface area contributed by atoms with Gasteiger partial charge in [-0.1, -0.05) is 36.4 Å². The quantitative estimate of drug-likeness (QED) is 0.873. The molecule has 2 aromatic rings. The smallest absolute Gasteiger partial charge is 0.224 e. The first-order chi connectivity index (χ1) is 9.70. The predicted molar refractivity (Wildman–Crippen MR) is 83.5 cm³/mol. The molecule has 3 nitrogen and oxygen atoms in total. The molecule has 1 amide bonds. The van der Waals surface area contributed by atoms with Gasteiger partial charge in [-0.15, -0.1) is 0 Å². The van der Waals surface area contributed by atoms with Gasteiger partial charge in [0, 0.05) is 12.1 Å². The molecule has 0 saturated heterocycles. The summed E-state index contributed by atoms with van der Waals surface area (Å²) in [6.45, 7) is 2.61. The van der Waals surface area contributed by atoms with E-state index in [0.29, 0.717) is 19.4 Å². The van der Waals surface area contributed by atoms with Gasteiger partial charge in [0.05, 0.1) is 0 Å². The summed E-state index contributed by atoms with van der Waals surface area (Å²) in [4.78, 5) is 11.7. The molecule has 2 aromatic carbocycles. The number of hydrogen-bond acceptors (Lipinski definition) is 2. The number of benzene rings is 2. The van der Waals surface area contributed by atoms with Crippen LogP contribution in [0.5, 0.6) is 0 Å². The van der Waals surface area contributed by atoms with Gasteiger partial charge in [0.15, 0.2) is 0 Å². The largest absolute Gasteiger partial charge is 0.330 e. The van der Waals surface area contributed by atoms with Crippen LogP contribution in [-0.4, -0.2) is 12.5 Å². The first-order valence-electron chi connectivity index (χ1n) is 6.86. The molecular formula is C17H20N2O. The van der Waals surface area contributed by atoms with Crippen molar-refractivity contribution < 1.29 is 4.79 Å². The van der Waals surface area contributed by atoms with Crippen molar-refractivity contribution in [3.63, 3.8) is 0 Å². The van der Waals surface area contributed by atoms with E-state index in [1.54, 1.807) is 0 Å². The summed E-state index contributed by atoms with van der Waals surface area (Å²) in [6, 6.07) is 16.2. The molecule has 0 aromatic heterocycles. The van der Waals surface area contributed by atoms with E-state index in [1.165, 1.54) is 5.56 Å². The number of aryl methyl sites for hydroxylation is 1.